The first-order valence-corrected chi connectivity index (χ1v) is 5.66. The van der Waals surface area contributed by atoms with Gasteiger partial charge in [-0.1, -0.05) is 6.92 Å². The summed E-state index contributed by atoms with van der Waals surface area (Å²) in [5.74, 6) is 0.410. The van der Waals surface area contributed by atoms with Gasteiger partial charge in [-0.05, 0) is 32.4 Å². The van der Waals surface area contributed by atoms with Crippen LogP contribution in [0, 0.1) is 0 Å². The maximum absolute atomic E-state index is 11.5. The minimum Gasteiger partial charge on any atom is -0.504 e. The van der Waals surface area contributed by atoms with E-state index in [2.05, 4.69) is 0 Å². The zero-order valence-electron chi connectivity index (χ0n) is 11.0. The van der Waals surface area contributed by atoms with Gasteiger partial charge in [0, 0.05) is 6.07 Å². The van der Waals surface area contributed by atoms with Crippen LogP contribution in [0.4, 0.5) is 4.79 Å². The lowest BCUT2D eigenvalue weighted by Crippen LogP contribution is -2.28. The average molecular weight is 254 g/mol. The Bertz CT molecular complexity index is 425. The van der Waals surface area contributed by atoms with Crippen LogP contribution in [0.3, 0.4) is 0 Å². The summed E-state index contributed by atoms with van der Waals surface area (Å²) in [6, 6.07) is 4.31. The SMILES string of the molecule is CCC(C)(C)OC(=O)Oc1ccc(OC)c(O)c1. The summed E-state index contributed by atoms with van der Waals surface area (Å²) in [5.41, 5.74) is -0.578. The van der Waals surface area contributed by atoms with Crippen molar-refractivity contribution in [2.45, 2.75) is 32.8 Å². The first-order chi connectivity index (χ1) is 8.38. The number of hydrogen-bond donors (Lipinski definition) is 1. The summed E-state index contributed by atoms with van der Waals surface area (Å²) in [6.45, 7) is 5.49. The molecule has 1 rings (SSSR count). The molecule has 0 amide bonds. The summed E-state index contributed by atoms with van der Waals surface area (Å²) in [7, 11) is 1.44. The molecule has 1 aromatic carbocycles. The lowest BCUT2D eigenvalue weighted by molar-refractivity contribution is 0.00704. The highest BCUT2D eigenvalue weighted by Crippen LogP contribution is 2.30. The zero-order valence-corrected chi connectivity index (χ0v) is 11.0. The molecule has 0 atom stereocenters. The molecule has 1 aromatic rings. The molecule has 0 heterocycles. The van der Waals surface area contributed by atoms with E-state index in [9.17, 15) is 9.90 Å². The summed E-state index contributed by atoms with van der Waals surface area (Å²) < 4.78 is 15.0. The molecule has 0 aliphatic carbocycles. The van der Waals surface area contributed by atoms with Gasteiger partial charge < -0.3 is 19.3 Å². The van der Waals surface area contributed by atoms with Gasteiger partial charge in [-0.25, -0.2) is 4.79 Å². The van der Waals surface area contributed by atoms with Crippen molar-refractivity contribution in [3.8, 4) is 17.2 Å². The van der Waals surface area contributed by atoms with Crippen LogP contribution in [0.15, 0.2) is 18.2 Å². The first-order valence-electron chi connectivity index (χ1n) is 5.66. The third kappa shape index (κ3) is 3.84. The van der Waals surface area contributed by atoms with Crippen LogP contribution in [0.25, 0.3) is 0 Å². The first kappa shape index (κ1) is 14.2. The quantitative estimate of drug-likeness (QED) is 0.660. The fourth-order valence-electron chi connectivity index (χ4n) is 1.15. The van der Waals surface area contributed by atoms with E-state index < -0.39 is 11.8 Å². The maximum Gasteiger partial charge on any atom is 0.514 e. The van der Waals surface area contributed by atoms with Crippen molar-refractivity contribution in [3.63, 3.8) is 0 Å². The molecule has 0 bridgehead atoms. The molecule has 0 unspecified atom stereocenters. The van der Waals surface area contributed by atoms with Gasteiger partial charge in [-0.3, -0.25) is 0 Å². The van der Waals surface area contributed by atoms with Gasteiger partial charge in [0.1, 0.15) is 11.4 Å². The Morgan fingerprint density at radius 3 is 2.56 bits per heavy atom. The number of methoxy groups -OCH3 is 1. The molecule has 0 spiro atoms. The third-order valence-electron chi connectivity index (χ3n) is 2.56. The molecule has 0 radical (unpaired) electrons. The van der Waals surface area contributed by atoms with Crippen molar-refractivity contribution in [3.05, 3.63) is 18.2 Å². The summed E-state index contributed by atoms with van der Waals surface area (Å²) in [4.78, 5) is 11.5. The van der Waals surface area contributed by atoms with Gasteiger partial charge in [0.15, 0.2) is 11.5 Å². The van der Waals surface area contributed by atoms with Crippen LogP contribution in [-0.4, -0.2) is 24.0 Å². The summed E-state index contributed by atoms with van der Waals surface area (Å²) in [5, 5.41) is 9.53. The molecule has 5 heteroatoms. The van der Waals surface area contributed by atoms with Crippen molar-refractivity contribution in [1.29, 1.82) is 0 Å². The number of phenols is 1. The van der Waals surface area contributed by atoms with Crippen LogP contribution < -0.4 is 9.47 Å². The van der Waals surface area contributed by atoms with Crippen molar-refractivity contribution in [2.75, 3.05) is 7.11 Å². The predicted octanol–water partition coefficient (Wildman–Crippen LogP) is 3.10. The number of benzene rings is 1. The molecule has 0 saturated heterocycles. The van der Waals surface area contributed by atoms with Gasteiger partial charge in [0.25, 0.3) is 0 Å². The van der Waals surface area contributed by atoms with E-state index in [0.717, 1.165) is 0 Å². The minimum absolute atomic E-state index is 0.0995. The summed E-state index contributed by atoms with van der Waals surface area (Å²) in [6.07, 6.45) is -0.123. The van der Waals surface area contributed by atoms with Gasteiger partial charge >= 0.3 is 6.16 Å². The van der Waals surface area contributed by atoms with Gasteiger partial charge in [-0.2, -0.15) is 0 Å². The van der Waals surface area contributed by atoms with Crippen LogP contribution in [0.1, 0.15) is 27.2 Å². The molecule has 0 aromatic heterocycles. The number of carbonyl (C=O) groups is 1. The number of aromatic hydroxyl groups is 1. The zero-order chi connectivity index (χ0) is 13.8. The van der Waals surface area contributed by atoms with Gasteiger partial charge in [-0.15, -0.1) is 0 Å². The van der Waals surface area contributed by atoms with E-state index in [0.29, 0.717) is 12.2 Å². The second-order valence-corrected chi connectivity index (χ2v) is 4.40. The number of hydrogen-bond acceptors (Lipinski definition) is 5. The molecule has 1 N–H and O–H groups in total. The second-order valence-electron chi connectivity index (χ2n) is 4.40. The van der Waals surface area contributed by atoms with Gasteiger partial charge in [0.05, 0.1) is 7.11 Å². The molecule has 0 fully saturated rings. The Hall–Kier alpha value is -1.91. The standard InChI is InChI=1S/C13H18O5/c1-5-13(2,3)18-12(15)17-9-6-7-11(16-4)10(14)8-9/h6-8,14H,5H2,1-4H3. The van der Waals surface area contributed by atoms with Crippen LogP contribution in [-0.2, 0) is 4.74 Å². The number of phenolic OH excluding ortho intramolecular Hbond substituents is 1. The average Bonchev–Trinajstić information content (AvgIpc) is 2.28. The maximum atomic E-state index is 11.5. The van der Waals surface area contributed by atoms with E-state index >= 15 is 0 Å². The van der Waals surface area contributed by atoms with Crippen LogP contribution in [0.2, 0.25) is 0 Å². The number of rotatable bonds is 4. The Labute approximate surface area is 106 Å². The monoisotopic (exact) mass is 254 g/mol. The summed E-state index contributed by atoms with van der Waals surface area (Å²) >= 11 is 0. The minimum atomic E-state index is -0.800. The van der Waals surface area contributed by atoms with Crippen molar-refractivity contribution in [2.24, 2.45) is 0 Å². The largest absolute Gasteiger partial charge is 0.514 e. The molecule has 18 heavy (non-hydrogen) atoms. The van der Waals surface area contributed by atoms with E-state index in [1.165, 1.54) is 25.3 Å². The highest BCUT2D eigenvalue weighted by molar-refractivity contribution is 5.65. The highest BCUT2D eigenvalue weighted by atomic mass is 16.7. The molecule has 0 aliphatic rings. The normalized spacial score (nSPS) is 10.9. The number of carbonyl (C=O) groups excluding carboxylic acids is 1. The Morgan fingerprint density at radius 1 is 1.39 bits per heavy atom. The molecule has 100 valence electrons. The third-order valence-corrected chi connectivity index (χ3v) is 2.56. The van der Waals surface area contributed by atoms with Crippen LogP contribution >= 0.6 is 0 Å². The Morgan fingerprint density at radius 2 is 2.06 bits per heavy atom. The van der Waals surface area contributed by atoms with Gasteiger partial charge in [0.2, 0.25) is 0 Å². The molecule has 0 aliphatic heterocycles. The van der Waals surface area contributed by atoms with Crippen molar-refractivity contribution < 1.29 is 24.1 Å². The lowest BCUT2D eigenvalue weighted by atomic mass is 10.1. The van der Waals surface area contributed by atoms with E-state index in [4.69, 9.17) is 14.2 Å². The molecular formula is C13H18O5. The molecule has 0 saturated carbocycles. The van der Waals surface area contributed by atoms with E-state index in [-0.39, 0.29) is 11.5 Å². The van der Waals surface area contributed by atoms with Crippen LogP contribution in [0.5, 0.6) is 17.2 Å². The fourth-order valence-corrected chi connectivity index (χ4v) is 1.15. The predicted molar refractivity (Wildman–Crippen MR) is 66.1 cm³/mol. The highest BCUT2D eigenvalue weighted by Gasteiger charge is 2.22. The Balaban J connectivity index is 2.68. The van der Waals surface area contributed by atoms with E-state index in [1.54, 1.807) is 13.8 Å². The van der Waals surface area contributed by atoms with Crippen molar-refractivity contribution >= 4 is 6.16 Å². The van der Waals surface area contributed by atoms with E-state index in [1.807, 2.05) is 6.92 Å². The number of ether oxygens (including phenoxy) is 3. The van der Waals surface area contributed by atoms with Crippen molar-refractivity contribution in [1.82, 2.24) is 0 Å². The fraction of sp³-hybridized carbons (Fsp3) is 0.462. The second kappa shape index (κ2) is 5.62. The molecular weight excluding hydrogens is 236 g/mol. The smallest absolute Gasteiger partial charge is 0.504 e. The Kier molecular flexibility index (Phi) is 4.42. The lowest BCUT2D eigenvalue weighted by Gasteiger charge is -2.22. The topological polar surface area (TPSA) is 65.0 Å². The molecule has 5 nitrogen and oxygen atoms in total.